The second-order valence-electron chi connectivity index (χ2n) is 3.82. The van der Waals surface area contributed by atoms with Crippen LogP contribution in [0.2, 0.25) is 0 Å². The minimum atomic E-state index is -0.798. The predicted molar refractivity (Wildman–Crippen MR) is 62.3 cm³/mol. The fourth-order valence-electron chi connectivity index (χ4n) is 0.947. The lowest BCUT2D eigenvalue weighted by Crippen LogP contribution is -2.39. The fourth-order valence-corrected chi connectivity index (χ4v) is 0.947. The SMILES string of the molecule is CC(C)CNC(=O)C(=O)N/N=C\c1ccco1. The normalized spacial score (nSPS) is 10.8. The highest BCUT2D eigenvalue weighted by Crippen LogP contribution is 1.94. The molecule has 17 heavy (non-hydrogen) atoms. The van der Waals surface area contributed by atoms with Crippen LogP contribution in [-0.4, -0.2) is 24.6 Å². The molecule has 0 aromatic carbocycles. The minimum absolute atomic E-state index is 0.290. The number of nitrogens with one attached hydrogen (secondary N) is 2. The van der Waals surface area contributed by atoms with Gasteiger partial charge in [-0.15, -0.1) is 0 Å². The van der Waals surface area contributed by atoms with Gasteiger partial charge >= 0.3 is 11.8 Å². The van der Waals surface area contributed by atoms with Gasteiger partial charge in [-0.2, -0.15) is 5.10 Å². The van der Waals surface area contributed by atoms with Crippen molar-refractivity contribution in [3.63, 3.8) is 0 Å². The van der Waals surface area contributed by atoms with Crippen molar-refractivity contribution in [2.75, 3.05) is 6.54 Å². The van der Waals surface area contributed by atoms with Crippen LogP contribution in [0.25, 0.3) is 0 Å². The predicted octanol–water partition coefficient (Wildman–Crippen LogP) is 0.502. The third kappa shape index (κ3) is 4.96. The van der Waals surface area contributed by atoms with Crippen LogP contribution < -0.4 is 10.7 Å². The molecule has 0 aliphatic carbocycles. The van der Waals surface area contributed by atoms with Crippen molar-refractivity contribution in [1.29, 1.82) is 0 Å². The van der Waals surface area contributed by atoms with E-state index in [1.165, 1.54) is 12.5 Å². The summed E-state index contributed by atoms with van der Waals surface area (Å²) in [6.45, 7) is 4.33. The van der Waals surface area contributed by atoms with E-state index in [9.17, 15) is 9.59 Å². The molecular formula is C11H15N3O3. The number of furan rings is 1. The van der Waals surface area contributed by atoms with E-state index < -0.39 is 11.8 Å². The van der Waals surface area contributed by atoms with Crippen LogP contribution in [0.1, 0.15) is 19.6 Å². The van der Waals surface area contributed by atoms with Crippen molar-refractivity contribution >= 4 is 18.0 Å². The van der Waals surface area contributed by atoms with Gasteiger partial charge in [0.1, 0.15) is 5.76 Å². The third-order valence-corrected chi connectivity index (χ3v) is 1.78. The van der Waals surface area contributed by atoms with Crippen molar-refractivity contribution in [1.82, 2.24) is 10.7 Å². The summed E-state index contributed by atoms with van der Waals surface area (Å²) in [6, 6.07) is 3.37. The van der Waals surface area contributed by atoms with Gasteiger partial charge in [0, 0.05) is 6.54 Å². The van der Waals surface area contributed by atoms with Crippen LogP contribution in [0.5, 0.6) is 0 Å². The van der Waals surface area contributed by atoms with Gasteiger partial charge in [-0.05, 0) is 18.1 Å². The van der Waals surface area contributed by atoms with Crippen LogP contribution in [0, 0.1) is 5.92 Å². The van der Waals surface area contributed by atoms with Gasteiger partial charge in [-0.3, -0.25) is 9.59 Å². The fraction of sp³-hybridized carbons (Fsp3) is 0.364. The Morgan fingerprint density at radius 2 is 2.24 bits per heavy atom. The highest BCUT2D eigenvalue weighted by atomic mass is 16.3. The molecule has 0 aliphatic heterocycles. The second-order valence-corrected chi connectivity index (χ2v) is 3.82. The van der Waals surface area contributed by atoms with E-state index in [1.807, 2.05) is 13.8 Å². The number of hydrazone groups is 1. The Kier molecular flexibility index (Phi) is 4.93. The monoisotopic (exact) mass is 237 g/mol. The van der Waals surface area contributed by atoms with Crippen molar-refractivity contribution < 1.29 is 14.0 Å². The summed E-state index contributed by atoms with van der Waals surface area (Å²) >= 11 is 0. The molecule has 1 heterocycles. The summed E-state index contributed by atoms with van der Waals surface area (Å²) in [7, 11) is 0. The summed E-state index contributed by atoms with van der Waals surface area (Å²) in [5.74, 6) is -0.713. The lowest BCUT2D eigenvalue weighted by molar-refractivity contribution is -0.139. The van der Waals surface area contributed by atoms with Crippen LogP contribution >= 0.6 is 0 Å². The first-order chi connectivity index (χ1) is 8.09. The highest BCUT2D eigenvalue weighted by Gasteiger charge is 2.11. The molecule has 0 radical (unpaired) electrons. The summed E-state index contributed by atoms with van der Waals surface area (Å²) < 4.78 is 4.95. The highest BCUT2D eigenvalue weighted by molar-refractivity contribution is 6.35. The number of amides is 2. The maximum Gasteiger partial charge on any atom is 0.329 e. The molecule has 0 saturated heterocycles. The van der Waals surface area contributed by atoms with E-state index in [2.05, 4.69) is 15.8 Å². The zero-order valence-corrected chi connectivity index (χ0v) is 9.77. The second kappa shape index (κ2) is 6.47. The largest absolute Gasteiger partial charge is 0.463 e. The number of carbonyl (C=O) groups is 2. The van der Waals surface area contributed by atoms with Crippen LogP contribution in [0.15, 0.2) is 27.9 Å². The molecule has 0 saturated carbocycles. The van der Waals surface area contributed by atoms with Gasteiger partial charge in [0.2, 0.25) is 0 Å². The summed E-state index contributed by atoms with van der Waals surface area (Å²) in [5.41, 5.74) is 2.10. The lowest BCUT2D eigenvalue weighted by Gasteiger charge is -2.05. The van der Waals surface area contributed by atoms with Gasteiger partial charge in [0.05, 0.1) is 12.5 Å². The molecule has 1 aromatic rings. The van der Waals surface area contributed by atoms with Gasteiger partial charge in [0.25, 0.3) is 0 Å². The van der Waals surface area contributed by atoms with E-state index in [4.69, 9.17) is 4.42 Å². The smallest absolute Gasteiger partial charge is 0.329 e. The zero-order valence-electron chi connectivity index (χ0n) is 9.77. The van der Waals surface area contributed by atoms with E-state index in [1.54, 1.807) is 12.1 Å². The average Bonchev–Trinajstić information content (AvgIpc) is 2.78. The van der Waals surface area contributed by atoms with Crippen molar-refractivity contribution in [2.45, 2.75) is 13.8 Å². The standard InChI is InChI=1S/C11H15N3O3/c1-8(2)6-12-10(15)11(16)14-13-7-9-4-3-5-17-9/h3-5,7-8H,6H2,1-2H3,(H,12,15)(H,14,16)/b13-7-. The van der Waals surface area contributed by atoms with Crippen molar-refractivity contribution in [3.8, 4) is 0 Å². The molecule has 92 valence electrons. The Morgan fingerprint density at radius 1 is 1.47 bits per heavy atom. The van der Waals surface area contributed by atoms with E-state index in [0.717, 1.165) is 0 Å². The van der Waals surface area contributed by atoms with Crippen molar-refractivity contribution in [3.05, 3.63) is 24.2 Å². The minimum Gasteiger partial charge on any atom is -0.463 e. The average molecular weight is 237 g/mol. The van der Waals surface area contributed by atoms with Gasteiger partial charge < -0.3 is 9.73 Å². The number of hydrogen-bond acceptors (Lipinski definition) is 4. The first-order valence-corrected chi connectivity index (χ1v) is 5.24. The van der Waals surface area contributed by atoms with E-state index >= 15 is 0 Å². The summed E-state index contributed by atoms with van der Waals surface area (Å²) in [6.07, 6.45) is 2.80. The molecule has 1 rings (SSSR count). The number of hydrogen-bond donors (Lipinski definition) is 2. The third-order valence-electron chi connectivity index (χ3n) is 1.78. The Hall–Kier alpha value is -2.11. The van der Waals surface area contributed by atoms with E-state index in [0.29, 0.717) is 18.2 Å². The molecule has 0 bridgehead atoms. The molecule has 0 unspecified atom stereocenters. The maximum atomic E-state index is 11.2. The Labute approximate surface area is 99.1 Å². The van der Waals surface area contributed by atoms with E-state index in [-0.39, 0.29) is 0 Å². The molecule has 0 fully saturated rings. The first kappa shape index (κ1) is 13.0. The quantitative estimate of drug-likeness (QED) is 0.454. The molecule has 0 aliphatic rings. The summed E-state index contributed by atoms with van der Waals surface area (Å²) in [4.78, 5) is 22.4. The van der Waals surface area contributed by atoms with Gasteiger partial charge in [-0.25, -0.2) is 5.43 Å². The Morgan fingerprint density at radius 3 is 2.82 bits per heavy atom. The first-order valence-electron chi connectivity index (χ1n) is 5.24. The number of rotatable bonds is 4. The van der Waals surface area contributed by atoms with Crippen LogP contribution in [0.3, 0.4) is 0 Å². The van der Waals surface area contributed by atoms with Gasteiger partial charge in [0.15, 0.2) is 0 Å². The molecular weight excluding hydrogens is 222 g/mol. The molecule has 0 atom stereocenters. The molecule has 2 amide bonds. The zero-order chi connectivity index (χ0) is 12.7. The van der Waals surface area contributed by atoms with Crippen molar-refractivity contribution in [2.24, 2.45) is 11.0 Å². The topological polar surface area (TPSA) is 83.7 Å². The molecule has 0 spiro atoms. The maximum absolute atomic E-state index is 11.2. The molecule has 2 N–H and O–H groups in total. The van der Waals surface area contributed by atoms with Crippen LogP contribution in [0.4, 0.5) is 0 Å². The molecule has 6 heteroatoms. The molecule has 6 nitrogen and oxygen atoms in total. The number of carbonyl (C=O) groups excluding carboxylic acids is 2. The number of nitrogens with zero attached hydrogens (tertiary/aromatic N) is 1. The van der Waals surface area contributed by atoms with Crippen LogP contribution in [-0.2, 0) is 9.59 Å². The van der Waals surface area contributed by atoms with Gasteiger partial charge in [-0.1, -0.05) is 13.8 Å². The summed E-state index contributed by atoms with van der Waals surface area (Å²) in [5, 5.41) is 6.06. The lowest BCUT2D eigenvalue weighted by atomic mass is 10.2. The Bertz CT molecular complexity index is 396. The Balaban J connectivity index is 2.31. The molecule has 1 aromatic heterocycles.